The predicted molar refractivity (Wildman–Crippen MR) is 268 cm³/mol. The number of nitrogens with zero attached hydrogens (tertiary/aromatic N) is 4. The van der Waals surface area contributed by atoms with Crippen LogP contribution < -0.4 is 30.6 Å². The molecule has 66 heavy (non-hydrogen) atoms. The maximum atomic E-state index is 14.9. The van der Waals surface area contributed by atoms with Crippen molar-refractivity contribution >= 4 is 102 Å². The van der Waals surface area contributed by atoms with Crippen molar-refractivity contribution in [1.82, 2.24) is 14.3 Å². The number of carbonyl (C=O) groups is 2. The summed E-state index contributed by atoms with van der Waals surface area (Å²) in [7, 11) is -1.25. The van der Waals surface area contributed by atoms with E-state index < -0.39 is 21.5 Å². The molecule has 1 aromatic heterocycles. The number of halogens is 3. The lowest BCUT2D eigenvalue weighted by Gasteiger charge is -2.24. The van der Waals surface area contributed by atoms with Gasteiger partial charge in [-0.3, -0.25) is 19.0 Å². The molecule has 0 spiro atoms. The van der Waals surface area contributed by atoms with Crippen molar-refractivity contribution in [2.75, 3.05) is 36.2 Å². The highest BCUT2D eigenvalue weighted by molar-refractivity contribution is 7.89. The minimum atomic E-state index is -3.93. The van der Waals surface area contributed by atoms with Gasteiger partial charge in [-0.05, 0) is 124 Å². The second-order valence-electron chi connectivity index (χ2n) is 15.5. The third-order valence-electron chi connectivity index (χ3n) is 11.0. The number of aryl methyl sites for hydroxylation is 1. The van der Waals surface area contributed by atoms with Gasteiger partial charge in [0.15, 0.2) is 11.5 Å². The van der Waals surface area contributed by atoms with Gasteiger partial charge in [0.1, 0.15) is 11.3 Å². The Morgan fingerprint density at radius 2 is 1.52 bits per heavy atom. The van der Waals surface area contributed by atoms with E-state index in [9.17, 15) is 22.8 Å². The second kappa shape index (κ2) is 22.6. The van der Waals surface area contributed by atoms with Gasteiger partial charge < -0.3 is 20.3 Å². The fraction of sp³-hybridized carbons (Fsp3) is 0.286. The van der Waals surface area contributed by atoms with E-state index in [-0.39, 0.29) is 56.9 Å². The second-order valence-corrected chi connectivity index (χ2v) is 18.7. The third-order valence-corrected chi connectivity index (χ3v) is 13.3. The van der Waals surface area contributed by atoms with Crippen LogP contribution in [0.25, 0.3) is 10.9 Å². The minimum absolute atomic E-state index is 0.0364. The largest absolute Gasteiger partial charge is 0.495 e. The normalized spacial score (nSPS) is 11.7. The molecule has 0 aliphatic rings. The molecule has 0 aliphatic carbocycles. The Morgan fingerprint density at radius 3 is 2.17 bits per heavy atom. The predicted octanol–water partition coefficient (Wildman–Crippen LogP) is 11.0. The fourth-order valence-electron chi connectivity index (χ4n) is 7.64. The molecule has 0 unspecified atom stereocenters. The summed E-state index contributed by atoms with van der Waals surface area (Å²) >= 11 is 18.9. The third kappa shape index (κ3) is 12.0. The average molecular weight is 973 g/mol. The van der Waals surface area contributed by atoms with Crippen LogP contribution in [0, 0.1) is 6.92 Å². The maximum absolute atomic E-state index is 14.9. The first-order valence-corrected chi connectivity index (χ1v) is 24.2. The van der Waals surface area contributed by atoms with E-state index in [1.54, 1.807) is 36.4 Å². The number of carbonyl (C=O) groups excluding carboxylic acids is 2. The molecule has 0 radical (unpaired) electrons. The standard InChI is InChI=1S/C49H52Cl3N7O6S/c1-6-58(34-17-12-11-13-18-34)35-22-24-41(31(2)27-35)55-46(48(61)56-43-30-36(66(63,64)53-4)23-25-44(43)65-5)47-57-45-38(20-16-21-42(45)54-32(3)60)49(62)59(47)26-15-10-8-7-9-14-19-37-39(51)28-33(50)29-40(37)52/h11-13,16-18,20-25,27-30,53H,6-10,14-15,19,26H2,1-5H3,(H,54,60)(H,56,61)/b55-46+. The number of aliphatic imine (C=N–C) groups is 1. The summed E-state index contributed by atoms with van der Waals surface area (Å²) in [5.74, 6) is -1.06. The van der Waals surface area contributed by atoms with E-state index in [2.05, 4.69) is 27.2 Å². The summed E-state index contributed by atoms with van der Waals surface area (Å²) in [6.45, 7) is 6.14. The van der Waals surface area contributed by atoms with Gasteiger partial charge in [-0.1, -0.05) is 84.8 Å². The lowest BCUT2D eigenvalue weighted by atomic mass is 10.0. The summed E-state index contributed by atoms with van der Waals surface area (Å²) in [4.78, 5) is 53.9. The van der Waals surface area contributed by atoms with Crippen LogP contribution in [-0.2, 0) is 32.6 Å². The van der Waals surface area contributed by atoms with Crippen LogP contribution in [0.2, 0.25) is 15.1 Å². The minimum Gasteiger partial charge on any atom is -0.495 e. The molecule has 6 rings (SSSR count). The molecule has 1 heterocycles. The molecule has 346 valence electrons. The number of hydrogen-bond acceptors (Lipinski definition) is 9. The highest BCUT2D eigenvalue weighted by Gasteiger charge is 2.26. The number of anilines is 4. The average Bonchev–Trinajstić information content (AvgIpc) is 3.28. The van der Waals surface area contributed by atoms with Crippen LogP contribution in [0.3, 0.4) is 0 Å². The Morgan fingerprint density at radius 1 is 0.818 bits per heavy atom. The van der Waals surface area contributed by atoms with Crippen molar-refractivity contribution in [2.45, 2.75) is 77.2 Å². The smallest absolute Gasteiger partial charge is 0.278 e. The number of ether oxygens (including phenoxy) is 1. The van der Waals surface area contributed by atoms with Gasteiger partial charge in [-0.25, -0.2) is 23.1 Å². The van der Waals surface area contributed by atoms with E-state index in [0.29, 0.717) is 40.1 Å². The highest BCUT2D eigenvalue weighted by atomic mass is 35.5. The molecule has 6 aromatic rings. The molecule has 3 N–H and O–H groups in total. The monoisotopic (exact) mass is 971 g/mol. The van der Waals surface area contributed by atoms with E-state index in [1.807, 2.05) is 49.4 Å². The number of aromatic nitrogens is 2. The lowest BCUT2D eigenvalue weighted by Crippen LogP contribution is -2.34. The van der Waals surface area contributed by atoms with Gasteiger partial charge >= 0.3 is 0 Å². The number of amides is 2. The number of hydrogen-bond donors (Lipinski definition) is 3. The Kier molecular flexibility index (Phi) is 17.0. The Bertz CT molecular complexity index is 2920. The molecule has 0 atom stereocenters. The molecule has 0 saturated carbocycles. The molecule has 0 saturated heterocycles. The molecule has 5 aromatic carbocycles. The van der Waals surface area contributed by atoms with Crippen molar-refractivity contribution in [3.63, 3.8) is 0 Å². The van der Waals surface area contributed by atoms with Gasteiger partial charge in [-0.15, -0.1) is 0 Å². The van der Waals surface area contributed by atoms with Crippen LogP contribution in [0.4, 0.5) is 28.4 Å². The number of sulfonamides is 1. The molecular formula is C49H52Cl3N7O6S. The molecule has 17 heteroatoms. The van der Waals surface area contributed by atoms with Crippen molar-refractivity contribution in [3.8, 4) is 5.75 Å². The van der Waals surface area contributed by atoms with Gasteiger partial charge in [0.05, 0.1) is 34.5 Å². The summed E-state index contributed by atoms with van der Waals surface area (Å²) in [6, 6.07) is 28.0. The molecule has 13 nitrogen and oxygen atoms in total. The summed E-state index contributed by atoms with van der Waals surface area (Å²) < 4.78 is 35.0. The summed E-state index contributed by atoms with van der Waals surface area (Å²) in [6.07, 6.45) is 5.65. The van der Waals surface area contributed by atoms with Crippen LogP contribution in [0.5, 0.6) is 5.75 Å². The number of methoxy groups -OCH3 is 1. The van der Waals surface area contributed by atoms with Crippen LogP contribution in [0.15, 0.2) is 112 Å². The number of nitrogens with one attached hydrogen (secondary N) is 3. The lowest BCUT2D eigenvalue weighted by molar-refractivity contribution is -0.114. The zero-order valence-corrected chi connectivity index (χ0v) is 40.5. The SMILES string of the molecule is CCN(c1ccccc1)c1ccc(/N=C(/C(=O)Nc2cc(S(=O)(=O)NC)ccc2OC)c2nc3c(NC(C)=O)cccc3c(=O)n2CCCCCCCCc2c(Cl)cc(Cl)cc2Cl)c(C)c1. The quantitative estimate of drug-likeness (QED) is 0.0503. The number of benzene rings is 5. The first-order valence-electron chi connectivity index (χ1n) is 21.6. The first kappa shape index (κ1) is 49.7. The highest BCUT2D eigenvalue weighted by Crippen LogP contribution is 2.33. The summed E-state index contributed by atoms with van der Waals surface area (Å²) in [5, 5.41) is 7.40. The van der Waals surface area contributed by atoms with Gasteiger partial charge in [-0.2, -0.15) is 0 Å². The van der Waals surface area contributed by atoms with Gasteiger partial charge in [0.2, 0.25) is 15.9 Å². The Labute approximate surface area is 400 Å². The van der Waals surface area contributed by atoms with E-state index in [4.69, 9.17) is 49.5 Å². The van der Waals surface area contributed by atoms with Crippen molar-refractivity contribution in [3.05, 3.63) is 139 Å². The van der Waals surface area contributed by atoms with Crippen LogP contribution in [-0.4, -0.2) is 56.2 Å². The Hall–Kier alpha value is -5.77. The topological polar surface area (TPSA) is 164 Å². The van der Waals surface area contributed by atoms with Crippen molar-refractivity contribution in [1.29, 1.82) is 0 Å². The zero-order chi connectivity index (χ0) is 47.5. The van der Waals surface area contributed by atoms with Gasteiger partial charge in [0.25, 0.3) is 11.5 Å². The molecule has 0 bridgehead atoms. The fourth-order valence-corrected chi connectivity index (χ4v) is 9.40. The van der Waals surface area contributed by atoms with E-state index >= 15 is 0 Å². The van der Waals surface area contributed by atoms with Crippen LogP contribution >= 0.6 is 34.8 Å². The molecule has 0 fully saturated rings. The first-order chi connectivity index (χ1) is 31.6. The number of para-hydroxylation sites is 2. The molecule has 0 aliphatic heterocycles. The van der Waals surface area contributed by atoms with E-state index in [0.717, 1.165) is 54.6 Å². The van der Waals surface area contributed by atoms with Crippen molar-refractivity contribution in [2.24, 2.45) is 4.99 Å². The molecule has 2 amide bonds. The number of rotatable bonds is 20. The summed E-state index contributed by atoms with van der Waals surface area (Å²) in [5.41, 5.74) is 3.72. The maximum Gasteiger partial charge on any atom is 0.278 e. The number of unbranched alkanes of at least 4 members (excludes halogenated alkanes) is 5. The number of fused-ring (bicyclic) bond motifs is 1. The van der Waals surface area contributed by atoms with Gasteiger partial charge in [0, 0.05) is 46.5 Å². The van der Waals surface area contributed by atoms with Crippen LogP contribution in [0.1, 0.15) is 69.3 Å². The van der Waals surface area contributed by atoms with E-state index in [1.165, 1.54) is 43.8 Å². The molecular weight excluding hydrogens is 921 g/mol. The van der Waals surface area contributed by atoms with Crippen molar-refractivity contribution < 1.29 is 22.7 Å². The Balaban J connectivity index is 1.41. The zero-order valence-electron chi connectivity index (χ0n) is 37.4.